The molecule has 2 aromatic rings. The van der Waals surface area contributed by atoms with Crippen LogP contribution in [0.25, 0.3) is 0 Å². The number of ether oxygens (including phenoxy) is 1. The fraction of sp³-hybridized carbons (Fsp3) is 0.286. The van der Waals surface area contributed by atoms with Crippen LogP contribution in [-0.2, 0) is 17.8 Å². The lowest BCUT2D eigenvalue weighted by atomic mass is 10.1. The van der Waals surface area contributed by atoms with Crippen LogP contribution in [0, 0.1) is 0 Å². The average molecular weight is 308 g/mol. The van der Waals surface area contributed by atoms with E-state index in [-0.39, 0.29) is 11.3 Å². The maximum atomic E-state index is 12.6. The molecule has 6 nitrogen and oxygen atoms in total. The molecule has 0 aliphatic carbocycles. The van der Waals surface area contributed by atoms with Crippen molar-refractivity contribution in [3.63, 3.8) is 0 Å². The van der Waals surface area contributed by atoms with Crippen LogP contribution < -0.4 is 10.6 Å². The number of alkyl halides is 2. The van der Waals surface area contributed by atoms with Gasteiger partial charge in [-0.15, -0.1) is 0 Å². The Labute approximate surface area is 124 Å². The molecule has 0 saturated carbocycles. The second-order valence-corrected chi connectivity index (χ2v) is 4.84. The molecule has 1 aliphatic heterocycles. The molecule has 0 spiro atoms. The lowest BCUT2D eigenvalue weighted by molar-refractivity contribution is 0.110. The lowest BCUT2D eigenvalue weighted by Gasteiger charge is -2.13. The number of fused-ring (bicyclic) bond motifs is 1. The van der Waals surface area contributed by atoms with Crippen molar-refractivity contribution >= 4 is 17.5 Å². The molecule has 2 amide bonds. The summed E-state index contributed by atoms with van der Waals surface area (Å²) in [5, 5.41) is 12.0. The molecule has 0 saturated heterocycles. The normalized spacial score (nSPS) is 13.8. The number of aromatic amines is 1. The lowest BCUT2D eigenvalue weighted by Crippen LogP contribution is -2.21. The number of urea groups is 1. The van der Waals surface area contributed by atoms with Gasteiger partial charge in [0.1, 0.15) is 0 Å². The predicted molar refractivity (Wildman–Crippen MR) is 76.0 cm³/mol. The highest BCUT2D eigenvalue weighted by molar-refractivity contribution is 5.99. The largest absolute Gasteiger partial charge is 0.376 e. The molecule has 3 N–H and O–H groups in total. The number of amides is 2. The molecule has 116 valence electrons. The number of carbonyl (C=O) groups is 1. The Bertz CT molecular complexity index is 687. The minimum atomic E-state index is -2.58. The van der Waals surface area contributed by atoms with Gasteiger partial charge < -0.3 is 10.1 Å². The maximum Gasteiger partial charge on any atom is 0.324 e. The predicted octanol–water partition coefficient (Wildman–Crippen LogP) is 3.06. The summed E-state index contributed by atoms with van der Waals surface area (Å²) in [5.74, 6) is 0.386. The first-order chi connectivity index (χ1) is 10.6. The van der Waals surface area contributed by atoms with E-state index in [1.165, 1.54) is 24.3 Å². The number of halogens is 2. The second kappa shape index (κ2) is 6.10. The standard InChI is InChI=1S/C14H14F2N4O2/c15-12(16)8-2-1-3-9(6-8)17-14(21)18-13-10-7-22-5-4-11(10)19-20-13/h1-3,6,12H,4-5,7H2,(H3,17,18,19,20,21). The van der Waals surface area contributed by atoms with Crippen molar-refractivity contribution in [1.82, 2.24) is 10.2 Å². The smallest absolute Gasteiger partial charge is 0.324 e. The van der Waals surface area contributed by atoms with Gasteiger partial charge in [0.15, 0.2) is 5.82 Å². The van der Waals surface area contributed by atoms with Crippen LogP contribution in [0.15, 0.2) is 24.3 Å². The van der Waals surface area contributed by atoms with Crippen LogP contribution in [0.3, 0.4) is 0 Å². The third-order valence-electron chi connectivity index (χ3n) is 3.32. The van der Waals surface area contributed by atoms with Gasteiger partial charge in [0.2, 0.25) is 0 Å². The van der Waals surface area contributed by atoms with Gasteiger partial charge in [-0.25, -0.2) is 13.6 Å². The SMILES string of the molecule is O=C(Nc1cccc(C(F)F)c1)Nc1n[nH]c2c1COCC2. The van der Waals surface area contributed by atoms with E-state index in [9.17, 15) is 13.6 Å². The molecule has 1 aliphatic rings. The zero-order valence-corrected chi connectivity index (χ0v) is 11.5. The van der Waals surface area contributed by atoms with Crippen molar-refractivity contribution in [2.75, 3.05) is 17.2 Å². The van der Waals surface area contributed by atoms with Gasteiger partial charge in [-0.2, -0.15) is 5.10 Å². The van der Waals surface area contributed by atoms with Crippen molar-refractivity contribution in [3.8, 4) is 0 Å². The zero-order chi connectivity index (χ0) is 15.5. The Morgan fingerprint density at radius 1 is 1.36 bits per heavy atom. The Balaban J connectivity index is 1.68. The number of carbonyl (C=O) groups excluding carboxylic acids is 1. The number of H-pyrrole nitrogens is 1. The molecule has 22 heavy (non-hydrogen) atoms. The number of rotatable bonds is 3. The Kier molecular flexibility index (Phi) is 4.01. The van der Waals surface area contributed by atoms with Gasteiger partial charge in [0, 0.05) is 28.9 Å². The van der Waals surface area contributed by atoms with Crippen LogP contribution in [0.5, 0.6) is 0 Å². The number of hydrogen-bond donors (Lipinski definition) is 3. The van der Waals surface area contributed by atoms with Crippen LogP contribution in [0.4, 0.5) is 25.1 Å². The van der Waals surface area contributed by atoms with E-state index in [1.54, 1.807) is 0 Å². The summed E-state index contributed by atoms with van der Waals surface area (Å²) in [6.07, 6.45) is -1.87. The molecule has 2 heterocycles. The highest BCUT2D eigenvalue weighted by Crippen LogP contribution is 2.23. The van der Waals surface area contributed by atoms with Crippen molar-refractivity contribution in [1.29, 1.82) is 0 Å². The summed E-state index contributed by atoms with van der Waals surface area (Å²) < 4.78 is 30.6. The Morgan fingerprint density at radius 2 is 2.23 bits per heavy atom. The summed E-state index contributed by atoms with van der Waals surface area (Å²) in [6, 6.07) is 4.98. The first kappa shape index (κ1) is 14.5. The van der Waals surface area contributed by atoms with Crippen molar-refractivity contribution in [2.24, 2.45) is 0 Å². The number of nitrogens with zero attached hydrogens (tertiary/aromatic N) is 1. The fourth-order valence-corrected chi connectivity index (χ4v) is 2.24. The van der Waals surface area contributed by atoms with Crippen LogP contribution >= 0.6 is 0 Å². The van der Waals surface area contributed by atoms with E-state index >= 15 is 0 Å². The van der Waals surface area contributed by atoms with Crippen molar-refractivity contribution in [2.45, 2.75) is 19.5 Å². The van der Waals surface area contributed by atoms with E-state index in [1.807, 2.05) is 0 Å². The van der Waals surface area contributed by atoms with Gasteiger partial charge in [0.05, 0.1) is 13.2 Å². The van der Waals surface area contributed by atoms with Gasteiger partial charge in [0.25, 0.3) is 6.43 Å². The van der Waals surface area contributed by atoms with Gasteiger partial charge in [-0.05, 0) is 12.1 Å². The third kappa shape index (κ3) is 3.06. The van der Waals surface area contributed by atoms with Crippen molar-refractivity contribution < 1.29 is 18.3 Å². The summed E-state index contributed by atoms with van der Waals surface area (Å²) in [4.78, 5) is 11.9. The zero-order valence-electron chi connectivity index (χ0n) is 11.5. The topological polar surface area (TPSA) is 79.0 Å². The highest BCUT2D eigenvalue weighted by atomic mass is 19.3. The maximum absolute atomic E-state index is 12.6. The molecular weight excluding hydrogens is 294 g/mol. The van der Waals surface area contributed by atoms with E-state index < -0.39 is 12.5 Å². The quantitative estimate of drug-likeness (QED) is 0.815. The molecule has 3 rings (SSSR count). The monoisotopic (exact) mass is 308 g/mol. The number of nitrogens with one attached hydrogen (secondary N) is 3. The molecule has 0 fully saturated rings. The molecule has 1 aromatic heterocycles. The summed E-state index contributed by atoms with van der Waals surface area (Å²) in [6.45, 7) is 0.990. The fourth-order valence-electron chi connectivity index (χ4n) is 2.24. The number of anilines is 2. The third-order valence-corrected chi connectivity index (χ3v) is 3.32. The molecule has 0 atom stereocenters. The minimum Gasteiger partial charge on any atom is -0.376 e. The van der Waals surface area contributed by atoms with Crippen LogP contribution in [0.2, 0.25) is 0 Å². The first-order valence-electron chi connectivity index (χ1n) is 6.73. The molecule has 0 radical (unpaired) electrons. The first-order valence-corrected chi connectivity index (χ1v) is 6.73. The van der Waals surface area contributed by atoms with Crippen LogP contribution in [0.1, 0.15) is 23.2 Å². The Hall–Kier alpha value is -2.48. The number of aromatic nitrogens is 2. The van der Waals surface area contributed by atoms with Gasteiger partial charge >= 0.3 is 6.03 Å². The summed E-state index contributed by atoms with van der Waals surface area (Å²) in [5.41, 5.74) is 1.88. The number of benzene rings is 1. The average Bonchev–Trinajstić information content (AvgIpc) is 2.91. The van der Waals surface area contributed by atoms with E-state index in [0.29, 0.717) is 25.5 Å². The van der Waals surface area contributed by atoms with Gasteiger partial charge in [-0.3, -0.25) is 10.4 Å². The van der Waals surface area contributed by atoms with Crippen molar-refractivity contribution in [3.05, 3.63) is 41.1 Å². The highest BCUT2D eigenvalue weighted by Gasteiger charge is 2.19. The molecular formula is C14H14F2N4O2. The number of hydrogen-bond acceptors (Lipinski definition) is 3. The van der Waals surface area contributed by atoms with E-state index in [2.05, 4.69) is 20.8 Å². The second-order valence-electron chi connectivity index (χ2n) is 4.84. The Morgan fingerprint density at radius 3 is 3.05 bits per heavy atom. The summed E-state index contributed by atoms with van der Waals surface area (Å²) >= 11 is 0. The van der Waals surface area contributed by atoms with Crippen LogP contribution in [-0.4, -0.2) is 22.8 Å². The molecule has 0 unspecified atom stereocenters. The minimum absolute atomic E-state index is 0.150. The summed E-state index contributed by atoms with van der Waals surface area (Å²) in [7, 11) is 0. The van der Waals surface area contributed by atoms with E-state index in [4.69, 9.17) is 4.74 Å². The van der Waals surface area contributed by atoms with E-state index in [0.717, 1.165) is 11.3 Å². The van der Waals surface area contributed by atoms with Gasteiger partial charge in [-0.1, -0.05) is 12.1 Å². The molecule has 1 aromatic carbocycles. The molecule has 0 bridgehead atoms. The molecule has 8 heteroatoms.